The molecular weight excluding hydrogens is 136 g/mol. The second-order valence-electron chi connectivity index (χ2n) is 4.13. The Morgan fingerprint density at radius 2 is 1.64 bits per heavy atom. The Kier molecular flexibility index (Phi) is 3.38. The summed E-state index contributed by atoms with van der Waals surface area (Å²) in [6.07, 6.45) is 6.48. The maximum Gasteiger partial charge on any atom is 0.0591 e. The zero-order valence-corrected chi connectivity index (χ0v) is 7.71. The van der Waals surface area contributed by atoms with E-state index in [1.54, 1.807) is 0 Å². The summed E-state index contributed by atoms with van der Waals surface area (Å²) < 4.78 is 0. The summed E-state index contributed by atoms with van der Waals surface area (Å²) in [6, 6.07) is 0. The van der Waals surface area contributed by atoms with E-state index >= 15 is 0 Å². The molecule has 1 aliphatic carbocycles. The fraction of sp³-hybridized carbons (Fsp3) is 1.00. The average molecular weight is 156 g/mol. The summed E-state index contributed by atoms with van der Waals surface area (Å²) in [6.45, 7) is 4.22. The average Bonchev–Trinajstić information content (AvgIpc) is 2.05. The number of hydrogen-bond acceptors (Lipinski definition) is 1. The summed E-state index contributed by atoms with van der Waals surface area (Å²) in [5.74, 6) is 1.04. The van der Waals surface area contributed by atoms with Gasteiger partial charge in [0.05, 0.1) is 6.10 Å². The van der Waals surface area contributed by atoms with Crippen molar-refractivity contribution in [1.82, 2.24) is 0 Å². The van der Waals surface area contributed by atoms with Gasteiger partial charge in [-0.1, -0.05) is 33.1 Å². The fourth-order valence-electron chi connectivity index (χ4n) is 2.02. The van der Waals surface area contributed by atoms with Crippen molar-refractivity contribution in [3.63, 3.8) is 0 Å². The second-order valence-corrected chi connectivity index (χ2v) is 4.13. The summed E-state index contributed by atoms with van der Waals surface area (Å²) in [5, 5.41) is 9.75. The third kappa shape index (κ3) is 2.48. The lowest BCUT2D eigenvalue weighted by Crippen LogP contribution is -2.27. The highest BCUT2D eigenvalue weighted by molar-refractivity contribution is 4.74. The lowest BCUT2D eigenvalue weighted by atomic mass is 9.81. The van der Waals surface area contributed by atoms with Gasteiger partial charge in [0.15, 0.2) is 0 Å². The molecular formula is C10H20O. The molecule has 11 heavy (non-hydrogen) atoms. The van der Waals surface area contributed by atoms with Crippen molar-refractivity contribution < 1.29 is 5.11 Å². The van der Waals surface area contributed by atoms with Gasteiger partial charge in [0.2, 0.25) is 0 Å². The molecule has 1 rings (SSSR count). The Balaban J connectivity index is 2.32. The van der Waals surface area contributed by atoms with Crippen molar-refractivity contribution in [3.8, 4) is 0 Å². The Morgan fingerprint density at radius 1 is 1.09 bits per heavy atom. The van der Waals surface area contributed by atoms with E-state index in [1.807, 2.05) is 0 Å². The first-order chi connectivity index (χ1) is 5.22. The normalized spacial score (nSPS) is 24.0. The predicted octanol–water partition coefficient (Wildman–Crippen LogP) is 2.58. The maximum atomic E-state index is 9.75. The van der Waals surface area contributed by atoms with E-state index < -0.39 is 0 Å². The maximum absolute atomic E-state index is 9.75. The van der Waals surface area contributed by atoms with Crippen LogP contribution in [0.3, 0.4) is 0 Å². The molecule has 1 aliphatic rings. The molecule has 1 atom stereocenters. The molecule has 1 fully saturated rings. The van der Waals surface area contributed by atoms with Gasteiger partial charge in [0, 0.05) is 0 Å². The molecule has 0 spiro atoms. The van der Waals surface area contributed by atoms with Gasteiger partial charge in [-0.2, -0.15) is 0 Å². The minimum absolute atomic E-state index is 0.0460. The zero-order chi connectivity index (χ0) is 8.27. The van der Waals surface area contributed by atoms with Gasteiger partial charge in [-0.3, -0.25) is 0 Å². The van der Waals surface area contributed by atoms with Gasteiger partial charge in [-0.05, 0) is 24.7 Å². The molecule has 0 heterocycles. The molecule has 0 aliphatic heterocycles. The van der Waals surface area contributed by atoms with E-state index in [2.05, 4.69) is 13.8 Å². The van der Waals surface area contributed by atoms with E-state index in [4.69, 9.17) is 0 Å². The first-order valence-corrected chi connectivity index (χ1v) is 4.90. The summed E-state index contributed by atoms with van der Waals surface area (Å²) >= 11 is 0. The van der Waals surface area contributed by atoms with Crippen LogP contribution in [0.1, 0.15) is 46.0 Å². The molecule has 0 radical (unpaired) electrons. The van der Waals surface area contributed by atoms with Crippen LogP contribution in [0, 0.1) is 11.8 Å². The van der Waals surface area contributed by atoms with Crippen LogP contribution in [0.5, 0.6) is 0 Å². The number of aliphatic hydroxyl groups excluding tert-OH is 1. The van der Waals surface area contributed by atoms with Gasteiger partial charge in [0.1, 0.15) is 0 Å². The topological polar surface area (TPSA) is 20.2 Å². The first kappa shape index (κ1) is 9.05. The van der Waals surface area contributed by atoms with Crippen LogP contribution in [-0.2, 0) is 0 Å². The van der Waals surface area contributed by atoms with E-state index in [1.165, 1.54) is 32.1 Å². The van der Waals surface area contributed by atoms with Gasteiger partial charge in [-0.15, -0.1) is 0 Å². The third-order valence-corrected chi connectivity index (χ3v) is 2.82. The van der Waals surface area contributed by atoms with E-state index in [0.717, 1.165) is 0 Å². The Hall–Kier alpha value is -0.0400. The second kappa shape index (κ2) is 4.10. The van der Waals surface area contributed by atoms with Crippen LogP contribution < -0.4 is 0 Å². The van der Waals surface area contributed by atoms with Gasteiger partial charge < -0.3 is 5.11 Å². The Bertz CT molecular complexity index is 103. The van der Waals surface area contributed by atoms with Crippen molar-refractivity contribution in [2.45, 2.75) is 52.1 Å². The van der Waals surface area contributed by atoms with Crippen LogP contribution in [0.25, 0.3) is 0 Å². The van der Waals surface area contributed by atoms with Crippen LogP contribution in [0.2, 0.25) is 0 Å². The monoisotopic (exact) mass is 156 g/mol. The minimum atomic E-state index is -0.0460. The molecule has 0 bridgehead atoms. The number of aliphatic hydroxyl groups is 1. The lowest BCUT2D eigenvalue weighted by molar-refractivity contribution is 0.0463. The SMILES string of the molecule is CC(C)[C@@H](O)C1CCCCC1. The molecule has 0 aromatic rings. The van der Waals surface area contributed by atoms with E-state index in [9.17, 15) is 5.11 Å². The minimum Gasteiger partial charge on any atom is -0.393 e. The van der Waals surface area contributed by atoms with Gasteiger partial charge >= 0.3 is 0 Å². The summed E-state index contributed by atoms with van der Waals surface area (Å²) in [4.78, 5) is 0. The summed E-state index contributed by atoms with van der Waals surface area (Å²) in [5.41, 5.74) is 0. The largest absolute Gasteiger partial charge is 0.393 e. The number of hydrogen-bond donors (Lipinski definition) is 1. The summed E-state index contributed by atoms with van der Waals surface area (Å²) in [7, 11) is 0. The van der Waals surface area contributed by atoms with Crippen LogP contribution in [0.15, 0.2) is 0 Å². The molecule has 0 unspecified atom stereocenters. The highest BCUT2D eigenvalue weighted by Crippen LogP contribution is 2.29. The van der Waals surface area contributed by atoms with Gasteiger partial charge in [-0.25, -0.2) is 0 Å². The smallest absolute Gasteiger partial charge is 0.0591 e. The van der Waals surface area contributed by atoms with Crippen LogP contribution >= 0.6 is 0 Å². The molecule has 0 aromatic carbocycles. The molecule has 1 saturated carbocycles. The quantitative estimate of drug-likeness (QED) is 0.651. The molecule has 1 nitrogen and oxygen atoms in total. The van der Waals surface area contributed by atoms with Crippen LogP contribution in [0.4, 0.5) is 0 Å². The van der Waals surface area contributed by atoms with E-state index in [0.29, 0.717) is 11.8 Å². The molecule has 1 heteroatoms. The Labute approximate surface area is 69.8 Å². The molecule has 0 aromatic heterocycles. The van der Waals surface area contributed by atoms with Crippen molar-refractivity contribution in [3.05, 3.63) is 0 Å². The third-order valence-electron chi connectivity index (χ3n) is 2.82. The molecule has 0 amide bonds. The van der Waals surface area contributed by atoms with Crippen LogP contribution in [-0.4, -0.2) is 11.2 Å². The molecule has 0 saturated heterocycles. The van der Waals surface area contributed by atoms with Crippen molar-refractivity contribution >= 4 is 0 Å². The number of rotatable bonds is 2. The zero-order valence-electron chi connectivity index (χ0n) is 7.71. The van der Waals surface area contributed by atoms with Gasteiger partial charge in [0.25, 0.3) is 0 Å². The highest BCUT2D eigenvalue weighted by Gasteiger charge is 2.23. The fourth-order valence-corrected chi connectivity index (χ4v) is 2.02. The van der Waals surface area contributed by atoms with Crippen molar-refractivity contribution in [2.75, 3.05) is 0 Å². The molecule has 66 valence electrons. The van der Waals surface area contributed by atoms with Crippen molar-refractivity contribution in [1.29, 1.82) is 0 Å². The lowest BCUT2D eigenvalue weighted by Gasteiger charge is -2.28. The van der Waals surface area contributed by atoms with Crippen molar-refractivity contribution in [2.24, 2.45) is 11.8 Å². The molecule has 1 N–H and O–H groups in total. The predicted molar refractivity (Wildman–Crippen MR) is 47.4 cm³/mol. The Morgan fingerprint density at radius 3 is 2.09 bits per heavy atom. The highest BCUT2D eigenvalue weighted by atomic mass is 16.3. The first-order valence-electron chi connectivity index (χ1n) is 4.90. The standard InChI is InChI=1S/C10H20O/c1-8(2)10(11)9-6-4-3-5-7-9/h8-11H,3-7H2,1-2H3/t10-/m1/s1. The van der Waals surface area contributed by atoms with E-state index in [-0.39, 0.29) is 6.10 Å².